The van der Waals surface area contributed by atoms with Crippen molar-refractivity contribution < 1.29 is 0 Å². The van der Waals surface area contributed by atoms with E-state index in [2.05, 4.69) is 164 Å². The summed E-state index contributed by atoms with van der Waals surface area (Å²) in [5.74, 6) is 0. The summed E-state index contributed by atoms with van der Waals surface area (Å²) in [6.45, 7) is 21.2. The number of fused-ring (bicyclic) bond motifs is 7. The highest BCUT2D eigenvalue weighted by atomic mass is 32.2. The lowest BCUT2D eigenvalue weighted by Crippen LogP contribution is -2.59. The summed E-state index contributed by atoms with van der Waals surface area (Å²) in [5.41, 5.74) is 17.0. The summed E-state index contributed by atoms with van der Waals surface area (Å²) < 4.78 is 2.64. The molecule has 0 aliphatic carbocycles. The Labute approximate surface area is 307 Å². The van der Waals surface area contributed by atoms with E-state index in [0.717, 1.165) is 11.3 Å². The zero-order valence-corrected chi connectivity index (χ0v) is 32.1. The molecule has 0 unspecified atom stereocenters. The average Bonchev–Trinajstić information content (AvgIpc) is 3.43. The van der Waals surface area contributed by atoms with Gasteiger partial charge in [-0.15, -0.1) is 0 Å². The molecule has 0 fully saturated rings. The summed E-state index contributed by atoms with van der Waals surface area (Å²) in [7, 11) is 0. The molecule has 252 valence electrons. The van der Waals surface area contributed by atoms with Crippen molar-refractivity contribution in [1.29, 1.82) is 0 Å². The van der Waals surface area contributed by atoms with Crippen molar-refractivity contribution in [3.8, 4) is 28.1 Å². The van der Waals surface area contributed by atoms with E-state index in [9.17, 15) is 0 Å². The molecule has 9 rings (SSSR count). The molecule has 4 heterocycles. The molecule has 0 N–H and O–H groups in total. The highest BCUT2D eigenvalue weighted by Crippen LogP contribution is 2.44. The van der Waals surface area contributed by atoms with Crippen LogP contribution in [0.3, 0.4) is 0 Å². The predicted molar refractivity (Wildman–Crippen MR) is 221 cm³/mol. The Kier molecular flexibility index (Phi) is 6.97. The van der Waals surface area contributed by atoms with Crippen LogP contribution in [0.4, 0.5) is 0 Å². The van der Waals surface area contributed by atoms with E-state index in [1.807, 2.05) is 24.0 Å². The number of nitrogens with zero attached hydrogens (tertiary/aromatic N) is 2. The number of rotatable bonds is 2. The van der Waals surface area contributed by atoms with Crippen molar-refractivity contribution in [2.45, 2.75) is 88.3 Å². The van der Waals surface area contributed by atoms with Gasteiger partial charge in [0.05, 0.1) is 16.9 Å². The molecule has 0 saturated heterocycles. The lowest BCUT2D eigenvalue weighted by atomic mass is 9.34. The fourth-order valence-electron chi connectivity index (χ4n) is 8.27. The van der Waals surface area contributed by atoms with Gasteiger partial charge in [-0.3, -0.25) is 4.98 Å². The van der Waals surface area contributed by atoms with Gasteiger partial charge in [0.25, 0.3) is 0 Å². The van der Waals surface area contributed by atoms with E-state index in [4.69, 9.17) is 4.98 Å². The Morgan fingerprint density at radius 1 is 0.569 bits per heavy atom. The molecule has 0 atom stereocenters. The second-order valence-electron chi connectivity index (χ2n) is 17.7. The van der Waals surface area contributed by atoms with Gasteiger partial charge in [-0.05, 0) is 98.0 Å². The van der Waals surface area contributed by atoms with Crippen LogP contribution < -0.4 is 16.4 Å². The smallest absolute Gasteiger partial charge is 0.249 e. The van der Waals surface area contributed by atoms with Crippen molar-refractivity contribution in [2.24, 2.45) is 0 Å². The van der Waals surface area contributed by atoms with Gasteiger partial charge in [0.2, 0.25) is 6.71 Å². The molecule has 2 nitrogen and oxygen atoms in total. The summed E-state index contributed by atoms with van der Waals surface area (Å²) in [4.78, 5) is 7.43. The average molecular weight is 681 g/mol. The van der Waals surface area contributed by atoms with Gasteiger partial charge in [0, 0.05) is 43.4 Å². The highest BCUT2D eigenvalue weighted by molar-refractivity contribution is 8.00. The first kappa shape index (κ1) is 32.4. The second-order valence-corrected chi connectivity index (χ2v) is 18.8. The molecule has 2 aromatic heterocycles. The number of hydrogen-bond donors (Lipinski definition) is 0. The van der Waals surface area contributed by atoms with E-state index >= 15 is 0 Å². The highest BCUT2D eigenvalue weighted by Gasteiger charge is 2.42. The van der Waals surface area contributed by atoms with Gasteiger partial charge in [-0.1, -0.05) is 134 Å². The molecule has 7 aromatic rings. The van der Waals surface area contributed by atoms with Crippen LogP contribution in [-0.4, -0.2) is 16.3 Å². The maximum absolute atomic E-state index is 4.71. The van der Waals surface area contributed by atoms with Crippen molar-refractivity contribution in [3.05, 3.63) is 126 Å². The van der Waals surface area contributed by atoms with Crippen molar-refractivity contribution in [2.75, 3.05) is 0 Å². The number of benzene rings is 5. The quantitative estimate of drug-likeness (QED) is 0.169. The van der Waals surface area contributed by atoms with Gasteiger partial charge in [0.15, 0.2) is 0 Å². The maximum Gasteiger partial charge on any atom is 0.249 e. The van der Waals surface area contributed by atoms with Gasteiger partial charge in [0.1, 0.15) is 0 Å². The molecule has 0 spiro atoms. The van der Waals surface area contributed by atoms with Crippen LogP contribution in [0, 0.1) is 0 Å². The van der Waals surface area contributed by atoms with E-state index < -0.39 is 0 Å². The van der Waals surface area contributed by atoms with Gasteiger partial charge < -0.3 is 4.57 Å². The molecular weight excluding hydrogens is 635 g/mol. The Bertz CT molecular complexity index is 2560. The number of pyridine rings is 1. The number of hydrogen-bond acceptors (Lipinski definition) is 2. The molecular formula is C47H45BN2S. The molecule has 2 aliphatic rings. The fourth-order valence-corrected chi connectivity index (χ4v) is 9.40. The minimum atomic E-state index is -0.00285. The fraction of sp³-hybridized carbons (Fsp3) is 0.255. The largest absolute Gasteiger partial charge is 0.310 e. The lowest BCUT2D eigenvalue weighted by molar-refractivity contribution is 0.590. The van der Waals surface area contributed by atoms with E-state index in [1.54, 1.807) is 0 Å². The Morgan fingerprint density at radius 2 is 1.24 bits per heavy atom. The molecule has 0 amide bonds. The molecule has 5 aromatic carbocycles. The summed E-state index contributed by atoms with van der Waals surface area (Å²) in [6, 6.07) is 39.5. The third-order valence-electron chi connectivity index (χ3n) is 11.2. The standard InChI is InChI=1S/C47H45BN2S/c1-45(2,3)30-16-19-39-34(24-30)35-25-32(47(7,8)9)27-37-43(35)50(39)44-33(28-13-12-14-29(23-28)38-15-10-11-22-49-38)18-21-41-42(44)48(37)36-26-31(46(4,5)6)17-20-40(36)51-41/h10-27H,1-9H3. The van der Waals surface area contributed by atoms with Crippen LogP contribution in [0.1, 0.15) is 79.0 Å². The summed E-state index contributed by atoms with van der Waals surface area (Å²) >= 11 is 1.94. The topological polar surface area (TPSA) is 17.8 Å². The minimum Gasteiger partial charge on any atom is -0.310 e. The maximum atomic E-state index is 4.71. The van der Waals surface area contributed by atoms with Crippen molar-refractivity contribution in [1.82, 2.24) is 9.55 Å². The van der Waals surface area contributed by atoms with Gasteiger partial charge in [-0.25, -0.2) is 0 Å². The molecule has 51 heavy (non-hydrogen) atoms. The van der Waals surface area contributed by atoms with Crippen LogP contribution in [0.5, 0.6) is 0 Å². The van der Waals surface area contributed by atoms with Crippen molar-refractivity contribution in [3.63, 3.8) is 0 Å². The first-order valence-electron chi connectivity index (χ1n) is 18.3. The normalized spacial score (nSPS) is 13.9. The minimum absolute atomic E-state index is 0.00285. The Hall–Kier alpha value is -4.54. The van der Waals surface area contributed by atoms with Crippen LogP contribution >= 0.6 is 11.8 Å². The SMILES string of the molecule is CC(C)(C)c1ccc2c(c1)B1c3c(ccc(-c4cccc(-c5ccccn5)c4)c3-n3c4ccc(C(C)(C)C)cc4c4cc(C(C)(C)C)cc1c43)S2. The van der Waals surface area contributed by atoms with Crippen molar-refractivity contribution >= 4 is 56.7 Å². The third kappa shape index (κ3) is 5.05. The lowest BCUT2D eigenvalue weighted by Gasteiger charge is -2.36. The zero-order valence-electron chi connectivity index (χ0n) is 31.3. The second kappa shape index (κ2) is 11.0. The van der Waals surface area contributed by atoms with Crippen LogP contribution in [0.2, 0.25) is 0 Å². The van der Waals surface area contributed by atoms with Gasteiger partial charge in [-0.2, -0.15) is 0 Å². The van der Waals surface area contributed by atoms with E-state index in [1.165, 1.54) is 81.5 Å². The Morgan fingerprint density at radius 3 is 1.96 bits per heavy atom. The van der Waals surface area contributed by atoms with Gasteiger partial charge >= 0.3 is 0 Å². The molecule has 2 aliphatic heterocycles. The third-order valence-corrected chi connectivity index (χ3v) is 12.3. The molecule has 4 heteroatoms. The predicted octanol–water partition coefficient (Wildman–Crippen LogP) is 10.7. The monoisotopic (exact) mass is 680 g/mol. The van der Waals surface area contributed by atoms with E-state index in [0.29, 0.717) is 0 Å². The summed E-state index contributed by atoms with van der Waals surface area (Å²) in [5, 5.41) is 2.69. The molecule has 0 radical (unpaired) electrons. The van der Waals surface area contributed by atoms with Crippen LogP contribution in [-0.2, 0) is 16.2 Å². The zero-order chi connectivity index (χ0) is 35.6. The van der Waals surface area contributed by atoms with Crippen LogP contribution in [0.25, 0.3) is 49.9 Å². The van der Waals surface area contributed by atoms with E-state index in [-0.39, 0.29) is 23.0 Å². The molecule has 0 bridgehead atoms. The van der Waals surface area contributed by atoms with Crippen LogP contribution in [0.15, 0.2) is 119 Å². The first-order valence-corrected chi connectivity index (χ1v) is 19.1. The summed E-state index contributed by atoms with van der Waals surface area (Å²) in [6.07, 6.45) is 1.88. The molecule has 0 saturated carbocycles. The Balaban J connectivity index is 1.45. The number of aromatic nitrogens is 2. The first-order chi connectivity index (χ1) is 24.2.